The maximum Gasteiger partial charge on any atom is 0.258 e. The normalized spacial score (nSPS) is 10.4. The van der Waals surface area contributed by atoms with Crippen molar-refractivity contribution in [3.8, 4) is 5.95 Å². The number of nitrogens with one attached hydrogen (secondary N) is 1. The maximum atomic E-state index is 11.8. The summed E-state index contributed by atoms with van der Waals surface area (Å²) in [5.41, 5.74) is 0.956. The molecule has 7 nitrogen and oxygen atoms in total. The van der Waals surface area contributed by atoms with Crippen molar-refractivity contribution in [1.29, 1.82) is 0 Å². The molecule has 7 heteroatoms. The van der Waals surface area contributed by atoms with Gasteiger partial charge in [-0.05, 0) is 13.0 Å². The van der Waals surface area contributed by atoms with E-state index in [0.29, 0.717) is 17.2 Å². The van der Waals surface area contributed by atoms with Crippen LogP contribution >= 0.6 is 0 Å². The first-order chi connectivity index (χ1) is 9.74. The highest BCUT2D eigenvalue weighted by molar-refractivity contribution is 6.03. The van der Waals surface area contributed by atoms with Gasteiger partial charge >= 0.3 is 0 Å². The molecule has 0 fully saturated rings. The largest absolute Gasteiger partial charge is 0.472 e. The van der Waals surface area contributed by atoms with Crippen LogP contribution in [-0.4, -0.2) is 25.4 Å². The van der Waals surface area contributed by atoms with Gasteiger partial charge in [0.2, 0.25) is 5.95 Å². The predicted octanol–water partition coefficient (Wildman–Crippen LogP) is 1.82. The molecule has 0 aromatic carbocycles. The second-order valence-corrected chi connectivity index (χ2v) is 4.08. The maximum absolute atomic E-state index is 11.8. The number of hydrogen-bond acceptors (Lipinski definition) is 5. The summed E-state index contributed by atoms with van der Waals surface area (Å²) in [7, 11) is 0. The van der Waals surface area contributed by atoms with E-state index in [1.165, 1.54) is 12.5 Å². The van der Waals surface area contributed by atoms with Crippen LogP contribution in [0.1, 0.15) is 16.2 Å². The summed E-state index contributed by atoms with van der Waals surface area (Å²) in [6, 6.07) is 1.58. The molecular weight excluding hydrogens is 258 g/mol. The Labute approximate surface area is 114 Å². The third-order valence-electron chi connectivity index (χ3n) is 2.72. The Morgan fingerprint density at radius 1 is 1.30 bits per heavy atom. The Hall–Kier alpha value is -2.96. The molecule has 3 heterocycles. The lowest BCUT2D eigenvalue weighted by atomic mass is 10.3. The lowest BCUT2D eigenvalue weighted by molar-refractivity contribution is 0.102. The fourth-order valence-electron chi connectivity index (χ4n) is 1.70. The summed E-state index contributed by atoms with van der Waals surface area (Å²) >= 11 is 0. The lowest BCUT2D eigenvalue weighted by Crippen LogP contribution is -2.12. The average Bonchev–Trinajstić information content (AvgIpc) is 3.11. The van der Waals surface area contributed by atoms with Crippen molar-refractivity contribution in [2.45, 2.75) is 6.92 Å². The highest BCUT2D eigenvalue weighted by Gasteiger charge is 2.08. The van der Waals surface area contributed by atoms with Crippen molar-refractivity contribution >= 4 is 11.6 Å². The van der Waals surface area contributed by atoms with E-state index in [4.69, 9.17) is 4.42 Å². The molecule has 100 valence electrons. The van der Waals surface area contributed by atoms with Gasteiger partial charge in [0.1, 0.15) is 12.1 Å². The minimum Gasteiger partial charge on any atom is -0.472 e. The third kappa shape index (κ3) is 2.28. The van der Waals surface area contributed by atoms with E-state index in [9.17, 15) is 4.79 Å². The van der Waals surface area contributed by atoms with Crippen LogP contribution in [-0.2, 0) is 0 Å². The fraction of sp³-hybridized carbons (Fsp3) is 0.0769. The van der Waals surface area contributed by atoms with Gasteiger partial charge < -0.3 is 9.73 Å². The quantitative estimate of drug-likeness (QED) is 0.783. The van der Waals surface area contributed by atoms with Crippen LogP contribution in [0, 0.1) is 6.92 Å². The molecule has 0 aliphatic heterocycles. The van der Waals surface area contributed by atoms with E-state index in [0.717, 1.165) is 5.82 Å². The second kappa shape index (κ2) is 4.96. The Morgan fingerprint density at radius 2 is 2.10 bits per heavy atom. The summed E-state index contributed by atoms with van der Waals surface area (Å²) in [5, 5.41) is 2.68. The van der Waals surface area contributed by atoms with Crippen LogP contribution in [0.4, 0.5) is 5.69 Å². The summed E-state index contributed by atoms with van der Waals surface area (Å²) in [5.74, 6) is 1.02. The number of rotatable bonds is 3. The van der Waals surface area contributed by atoms with Crippen molar-refractivity contribution in [2.75, 3.05) is 5.32 Å². The molecule has 0 radical (unpaired) electrons. The first-order valence-electron chi connectivity index (χ1n) is 5.90. The Balaban J connectivity index is 1.77. The first kappa shape index (κ1) is 12.1. The average molecular weight is 269 g/mol. The SMILES string of the molecule is Cc1nccn1-c1ncc(NC(=O)c2ccoc2)cn1. The molecule has 20 heavy (non-hydrogen) atoms. The number of carbonyl (C=O) groups is 1. The van der Waals surface area contributed by atoms with Crippen molar-refractivity contribution in [3.63, 3.8) is 0 Å². The van der Waals surface area contributed by atoms with Crippen molar-refractivity contribution in [2.24, 2.45) is 0 Å². The minimum atomic E-state index is -0.270. The first-order valence-corrected chi connectivity index (χ1v) is 5.90. The van der Waals surface area contributed by atoms with Gasteiger partial charge in [0.25, 0.3) is 5.91 Å². The van der Waals surface area contributed by atoms with Gasteiger partial charge in [-0.25, -0.2) is 15.0 Å². The van der Waals surface area contributed by atoms with E-state index in [1.54, 1.807) is 35.4 Å². The zero-order valence-electron chi connectivity index (χ0n) is 10.6. The minimum absolute atomic E-state index is 0.270. The zero-order valence-corrected chi connectivity index (χ0v) is 10.6. The highest BCUT2D eigenvalue weighted by Crippen LogP contribution is 2.10. The number of imidazole rings is 1. The van der Waals surface area contributed by atoms with Gasteiger partial charge in [0.05, 0.1) is 29.9 Å². The van der Waals surface area contributed by atoms with Gasteiger partial charge in [0, 0.05) is 12.4 Å². The van der Waals surface area contributed by atoms with E-state index < -0.39 is 0 Å². The number of amides is 1. The van der Waals surface area contributed by atoms with Crippen LogP contribution in [0.2, 0.25) is 0 Å². The lowest BCUT2D eigenvalue weighted by Gasteiger charge is -2.05. The Morgan fingerprint density at radius 3 is 2.70 bits per heavy atom. The molecule has 0 saturated heterocycles. The number of aromatic nitrogens is 4. The monoisotopic (exact) mass is 269 g/mol. The topological polar surface area (TPSA) is 85.8 Å². The van der Waals surface area contributed by atoms with Gasteiger partial charge in [0.15, 0.2) is 0 Å². The highest BCUT2D eigenvalue weighted by atomic mass is 16.3. The van der Waals surface area contributed by atoms with Gasteiger partial charge in [-0.1, -0.05) is 0 Å². The summed E-state index contributed by atoms with van der Waals surface area (Å²) in [4.78, 5) is 24.3. The fourth-order valence-corrected chi connectivity index (χ4v) is 1.70. The smallest absolute Gasteiger partial charge is 0.258 e. The molecule has 0 aliphatic rings. The molecule has 0 aliphatic carbocycles. The molecule has 0 saturated carbocycles. The van der Waals surface area contributed by atoms with Crippen LogP contribution < -0.4 is 5.32 Å². The molecule has 3 aromatic rings. The van der Waals surface area contributed by atoms with Crippen LogP contribution in [0.15, 0.2) is 47.8 Å². The predicted molar refractivity (Wildman–Crippen MR) is 70.6 cm³/mol. The van der Waals surface area contributed by atoms with E-state index in [-0.39, 0.29) is 5.91 Å². The van der Waals surface area contributed by atoms with Crippen molar-refractivity contribution in [1.82, 2.24) is 19.5 Å². The number of anilines is 1. The van der Waals surface area contributed by atoms with Crippen LogP contribution in [0.5, 0.6) is 0 Å². The standard InChI is InChI=1S/C13H11N5O2/c1-9-14-3-4-18(9)13-15-6-11(7-16-13)17-12(19)10-2-5-20-8-10/h2-8H,1H3,(H,17,19). The van der Waals surface area contributed by atoms with Crippen molar-refractivity contribution < 1.29 is 9.21 Å². The number of aryl methyl sites for hydroxylation is 1. The second-order valence-electron chi connectivity index (χ2n) is 4.08. The molecule has 3 rings (SSSR count). The molecule has 3 aromatic heterocycles. The van der Waals surface area contributed by atoms with E-state index in [1.807, 2.05) is 6.92 Å². The number of nitrogens with zero attached hydrogens (tertiary/aromatic N) is 4. The van der Waals surface area contributed by atoms with Gasteiger partial charge in [-0.3, -0.25) is 9.36 Å². The van der Waals surface area contributed by atoms with Gasteiger partial charge in [-0.2, -0.15) is 0 Å². The third-order valence-corrected chi connectivity index (χ3v) is 2.72. The molecule has 0 atom stereocenters. The molecule has 1 amide bonds. The van der Waals surface area contributed by atoms with Crippen LogP contribution in [0.25, 0.3) is 5.95 Å². The van der Waals surface area contributed by atoms with Crippen LogP contribution in [0.3, 0.4) is 0 Å². The van der Waals surface area contributed by atoms with Gasteiger partial charge in [-0.15, -0.1) is 0 Å². The molecule has 1 N–H and O–H groups in total. The molecular formula is C13H11N5O2. The molecule has 0 bridgehead atoms. The number of furan rings is 1. The molecule has 0 unspecified atom stereocenters. The Kier molecular flexibility index (Phi) is 3.00. The summed E-state index contributed by atoms with van der Waals surface area (Å²) in [6.07, 6.45) is 9.34. The Bertz CT molecular complexity index is 716. The van der Waals surface area contributed by atoms with Crippen molar-refractivity contribution in [3.05, 3.63) is 54.8 Å². The number of carbonyl (C=O) groups excluding carboxylic acids is 1. The summed E-state index contributed by atoms with van der Waals surface area (Å²) < 4.78 is 6.60. The molecule has 0 spiro atoms. The van der Waals surface area contributed by atoms with E-state index >= 15 is 0 Å². The number of hydrogen-bond donors (Lipinski definition) is 1. The summed E-state index contributed by atoms with van der Waals surface area (Å²) in [6.45, 7) is 1.86. The zero-order chi connectivity index (χ0) is 13.9. The van der Waals surface area contributed by atoms with E-state index in [2.05, 4.69) is 20.3 Å².